The third-order valence-electron chi connectivity index (χ3n) is 4.86. The quantitative estimate of drug-likeness (QED) is 0.613. The van der Waals surface area contributed by atoms with Gasteiger partial charge in [0.25, 0.3) is 0 Å². The van der Waals surface area contributed by atoms with Gasteiger partial charge >= 0.3 is 5.97 Å². The van der Waals surface area contributed by atoms with Crippen LogP contribution in [0.15, 0.2) is 48.5 Å². The maximum atomic E-state index is 10.7. The summed E-state index contributed by atoms with van der Waals surface area (Å²) >= 11 is 6.13. The van der Waals surface area contributed by atoms with Gasteiger partial charge < -0.3 is 10.4 Å². The molecule has 1 aromatic heterocycles. The van der Waals surface area contributed by atoms with Crippen LogP contribution in [0.25, 0.3) is 11.4 Å². The average Bonchev–Trinajstić information content (AvgIpc) is 3.16. The molecule has 4 rings (SSSR count). The molecule has 3 aromatic rings. The number of halogens is 1. The lowest BCUT2D eigenvalue weighted by Crippen LogP contribution is -2.04. The molecule has 0 unspecified atom stereocenters. The molecule has 0 saturated heterocycles. The second-order valence-electron chi connectivity index (χ2n) is 6.90. The highest BCUT2D eigenvalue weighted by Crippen LogP contribution is 2.31. The first-order chi connectivity index (χ1) is 13.6. The number of benzene rings is 2. The number of hydrogen-bond donors (Lipinski definition) is 2. The number of aryl methyl sites for hydroxylation is 2. The third-order valence-corrected chi connectivity index (χ3v) is 5.10. The number of carboxylic acids is 1. The number of nitrogens with one attached hydrogen (secondary N) is 1. The van der Waals surface area contributed by atoms with E-state index in [4.69, 9.17) is 26.7 Å². The highest BCUT2D eigenvalue weighted by Gasteiger charge is 2.20. The second-order valence-corrected chi connectivity index (χ2v) is 7.34. The summed E-state index contributed by atoms with van der Waals surface area (Å²) in [5, 5.41) is 12.9. The lowest BCUT2D eigenvalue weighted by molar-refractivity contribution is -0.136. The Kier molecular flexibility index (Phi) is 5.26. The minimum absolute atomic E-state index is 0.134. The molecule has 0 amide bonds. The van der Waals surface area contributed by atoms with Crippen LogP contribution in [-0.4, -0.2) is 21.0 Å². The van der Waals surface area contributed by atoms with Crippen molar-refractivity contribution in [3.05, 3.63) is 70.4 Å². The summed E-state index contributed by atoms with van der Waals surface area (Å²) < 4.78 is 0. The molecule has 5 nitrogen and oxygen atoms in total. The van der Waals surface area contributed by atoms with Crippen LogP contribution in [0.2, 0.25) is 5.02 Å². The summed E-state index contributed by atoms with van der Waals surface area (Å²) in [5.74, 6) is 0.715. The van der Waals surface area contributed by atoms with Crippen LogP contribution in [0.5, 0.6) is 0 Å². The molecule has 2 aromatic carbocycles. The van der Waals surface area contributed by atoms with E-state index < -0.39 is 5.97 Å². The molecule has 0 spiro atoms. The SMILES string of the molecule is O=C(O)CCc1ccc(Nc2nc(-c3cccc(Cl)c3)nc3c2CCC3)cc1. The largest absolute Gasteiger partial charge is 0.481 e. The lowest BCUT2D eigenvalue weighted by Gasteiger charge is -2.13. The van der Waals surface area contributed by atoms with E-state index >= 15 is 0 Å². The Labute approximate surface area is 168 Å². The van der Waals surface area contributed by atoms with Gasteiger partial charge in [-0.1, -0.05) is 35.9 Å². The van der Waals surface area contributed by atoms with Crippen LogP contribution >= 0.6 is 11.6 Å². The summed E-state index contributed by atoms with van der Waals surface area (Å²) in [5.41, 5.74) is 5.07. The Morgan fingerprint density at radius 2 is 1.93 bits per heavy atom. The van der Waals surface area contributed by atoms with Crippen LogP contribution in [0, 0.1) is 0 Å². The van der Waals surface area contributed by atoms with Gasteiger partial charge in [0.1, 0.15) is 5.82 Å². The molecule has 1 heterocycles. The standard InChI is InChI=1S/C22H20ClN3O2/c23-16-4-1-3-15(13-16)21-25-19-6-2-5-18(19)22(26-21)24-17-10-7-14(8-11-17)9-12-20(27)28/h1,3-4,7-8,10-11,13H,2,5-6,9,12H2,(H,27,28)(H,24,25,26). The van der Waals surface area contributed by atoms with Gasteiger partial charge in [0.05, 0.1) is 0 Å². The number of nitrogens with zero attached hydrogens (tertiary/aromatic N) is 2. The predicted octanol–water partition coefficient (Wildman–Crippen LogP) is 5.05. The molecule has 0 saturated carbocycles. The van der Waals surface area contributed by atoms with Crippen LogP contribution < -0.4 is 5.32 Å². The summed E-state index contributed by atoms with van der Waals surface area (Å²) in [6.07, 6.45) is 3.65. The fourth-order valence-electron chi connectivity index (χ4n) is 3.44. The first-order valence-electron chi connectivity index (χ1n) is 9.32. The normalized spacial score (nSPS) is 12.6. The number of fused-ring (bicyclic) bond motifs is 1. The van der Waals surface area contributed by atoms with Gasteiger partial charge in [0.15, 0.2) is 5.82 Å². The number of carbonyl (C=O) groups is 1. The van der Waals surface area contributed by atoms with E-state index in [2.05, 4.69) is 5.32 Å². The zero-order valence-electron chi connectivity index (χ0n) is 15.3. The van der Waals surface area contributed by atoms with E-state index in [0.717, 1.165) is 47.6 Å². The van der Waals surface area contributed by atoms with Crippen molar-refractivity contribution < 1.29 is 9.90 Å². The van der Waals surface area contributed by atoms with Crippen molar-refractivity contribution in [1.82, 2.24) is 9.97 Å². The van der Waals surface area contributed by atoms with Crippen LogP contribution in [0.3, 0.4) is 0 Å². The molecule has 28 heavy (non-hydrogen) atoms. The monoisotopic (exact) mass is 393 g/mol. The van der Waals surface area contributed by atoms with Crippen molar-refractivity contribution in [2.75, 3.05) is 5.32 Å². The fourth-order valence-corrected chi connectivity index (χ4v) is 3.63. The summed E-state index contributed by atoms with van der Waals surface area (Å²) in [4.78, 5) is 20.3. The van der Waals surface area contributed by atoms with Gasteiger partial charge in [-0.25, -0.2) is 9.97 Å². The number of aromatic nitrogens is 2. The lowest BCUT2D eigenvalue weighted by atomic mass is 10.1. The number of hydrogen-bond acceptors (Lipinski definition) is 4. The van der Waals surface area contributed by atoms with Gasteiger partial charge in [-0.2, -0.15) is 0 Å². The number of carboxylic acid groups (broad SMARTS) is 1. The molecule has 0 aliphatic heterocycles. The Balaban J connectivity index is 1.61. The van der Waals surface area contributed by atoms with Crippen LogP contribution in [-0.2, 0) is 24.1 Å². The predicted molar refractivity (Wildman–Crippen MR) is 110 cm³/mol. The molecule has 0 atom stereocenters. The van der Waals surface area contributed by atoms with Crippen molar-refractivity contribution >= 4 is 29.1 Å². The summed E-state index contributed by atoms with van der Waals surface area (Å²) in [7, 11) is 0. The maximum Gasteiger partial charge on any atom is 0.303 e. The molecule has 142 valence electrons. The minimum atomic E-state index is -0.785. The van der Waals surface area contributed by atoms with Gasteiger partial charge in [-0.15, -0.1) is 0 Å². The van der Waals surface area contributed by atoms with E-state index in [1.807, 2.05) is 48.5 Å². The van der Waals surface area contributed by atoms with Gasteiger partial charge in [0.2, 0.25) is 0 Å². The first kappa shape index (κ1) is 18.4. The highest BCUT2D eigenvalue weighted by molar-refractivity contribution is 6.30. The van der Waals surface area contributed by atoms with Gasteiger partial charge in [-0.3, -0.25) is 4.79 Å². The molecule has 6 heteroatoms. The van der Waals surface area contributed by atoms with Crippen molar-refractivity contribution in [3.63, 3.8) is 0 Å². The molecule has 0 bridgehead atoms. The van der Waals surface area contributed by atoms with Crippen molar-refractivity contribution in [2.24, 2.45) is 0 Å². The molecular formula is C22H20ClN3O2. The molecule has 1 aliphatic rings. The highest BCUT2D eigenvalue weighted by atomic mass is 35.5. The number of aliphatic carboxylic acids is 1. The molecule has 2 N–H and O–H groups in total. The molecular weight excluding hydrogens is 374 g/mol. The Morgan fingerprint density at radius 1 is 1.11 bits per heavy atom. The van der Waals surface area contributed by atoms with Crippen molar-refractivity contribution in [1.29, 1.82) is 0 Å². The zero-order chi connectivity index (χ0) is 19.5. The second kappa shape index (κ2) is 7.98. The van der Waals surface area contributed by atoms with E-state index in [0.29, 0.717) is 17.3 Å². The maximum absolute atomic E-state index is 10.7. The smallest absolute Gasteiger partial charge is 0.303 e. The fraction of sp³-hybridized carbons (Fsp3) is 0.227. The van der Waals surface area contributed by atoms with E-state index in [-0.39, 0.29) is 6.42 Å². The molecule has 0 fully saturated rings. The summed E-state index contributed by atoms with van der Waals surface area (Å²) in [6, 6.07) is 15.4. The molecule has 1 aliphatic carbocycles. The van der Waals surface area contributed by atoms with E-state index in [1.165, 1.54) is 5.56 Å². The van der Waals surface area contributed by atoms with E-state index in [9.17, 15) is 4.79 Å². The van der Waals surface area contributed by atoms with Gasteiger partial charge in [0, 0.05) is 34.0 Å². The third kappa shape index (κ3) is 4.15. The van der Waals surface area contributed by atoms with Crippen molar-refractivity contribution in [2.45, 2.75) is 32.1 Å². The first-order valence-corrected chi connectivity index (χ1v) is 9.70. The van der Waals surface area contributed by atoms with Crippen LogP contribution in [0.1, 0.15) is 29.7 Å². The van der Waals surface area contributed by atoms with Crippen LogP contribution in [0.4, 0.5) is 11.5 Å². The Bertz CT molecular complexity index is 1020. The minimum Gasteiger partial charge on any atom is -0.481 e. The van der Waals surface area contributed by atoms with E-state index in [1.54, 1.807) is 0 Å². The van der Waals surface area contributed by atoms with Crippen molar-refractivity contribution in [3.8, 4) is 11.4 Å². The van der Waals surface area contributed by atoms with Gasteiger partial charge in [-0.05, 0) is 55.5 Å². The number of anilines is 2. The number of rotatable bonds is 6. The summed E-state index contributed by atoms with van der Waals surface area (Å²) in [6.45, 7) is 0. The molecule has 0 radical (unpaired) electrons. The topological polar surface area (TPSA) is 75.1 Å². The average molecular weight is 394 g/mol. The Hall–Kier alpha value is -2.92. The zero-order valence-corrected chi connectivity index (χ0v) is 16.0. The Morgan fingerprint density at radius 3 is 2.68 bits per heavy atom.